The predicted molar refractivity (Wildman–Crippen MR) is 98.6 cm³/mol. The van der Waals surface area contributed by atoms with Gasteiger partial charge in [0.2, 0.25) is 0 Å². The Kier molecular flexibility index (Phi) is 6.33. The second-order valence-electron chi connectivity index (χ2n) is 5.14. The number of rotatable bonds is 7. The fraction of sp³-hybridized carbons (Fsp3) is 0.111. The zero-order chi connectivity index (χ0) is 19.8. The molecule has 138 valence electrons. The van der Waals surface area contributed by atoms with Crippen molar-refractivity contribution in [2.45, 2.75) is 0 Å². The molecule has 0 aliphatic carbocycles. The molecule has 0 spiro atoms. The average Bonchev–Trinajstić information content (AvgIpc) is 2.68. The van der Waals surface area contributed by atoms with E-state index in [0.717, 1.165) is 0 Å². The van der Waals surface area contributed by atoms with E-state index in [0.29, 0.717) is 22.9 Å². The second-order valence-corrected chi connectivity index (χ2v) is 5.14. The highest BCUT2D eigenvalue weighted by molar-refractivity contribution is 6.07. The molecule has 27 heavy (non-hydrogen) atoms. The summed E-state index contributed by atoms with van der Waals surface area (Å²) in [7, 11) is 2.94. The minimum atomic E-state index is -0.654. The van der Waals surface area contributed by atoms with Crippen LogP contribution in [0, 0.1) is 21.4 Å². The Morgan fingerprint density at radius 1 is 1.19 bits per heavy atom. The number of benzene rings is 2. The lowest BCUT2D eigenvalue weighted by Gasteiger charge is -2.11. The van der Waals surface area contributed by atoms with Gasteiger partial charge in [-0.05, 0) is 24.3 Å². The van der Waals surface area contributed by atoms with Crippen LogP contribution in [0.3, 0.4) is 0 Å². The largest absolute Gasteiger partial charge is 0.497 e. The third kappa shape index (κ3) is 4.96. The van der Waals surface area contributed by atoms with Crippen molar-refractivity contribution in [1.29, 1.82) is 5.26 Å². The molecular formula is C18H16N4O5. The lowest BCUT2D eigenvalue weighted by atomic mass is 10.2. The minimum absolute atomic E-state index is 0.0621. The van der Waals surface area contributed by atoms with Crippen molar-refractivity contribution < 1.29 is 19.2 Å². The number of nitrogens with one attached hydrogen (secondary N) is 2. The van der Waals surface area contributed by atoms with Gasteiger partial charge in [0, 0.05) is 30.1 Å². The van der Waals surface area contributed by atoms with E-state index in [-0.39, 0.29) is 11.3 Å². The SMILES string of the molecule is COc1ccc(OC)c(NC(=O)/C(C#N)=C\Nc2ccc([N+](=O)[O-])cc2)c1. The van der Waals surface area contributed by atoms with Crippen molar-refractivity contribution in [3.05, 3.63) is 64.4 Å². The van der Waals surface area contributed by atoms with E-state index < -0.39 is 10.8 Å². The fourth-order valence-electron chi connectivity index (χ4n) is 2.08. The predicted octanol–water partition coefficient (Wildman–Crippen LogP) is 3.07. The number of ether oxygens (including phenoxy) is 2. The molecule has 0 saturated carbocycles. The summed E-state index contributed by atoms with van der Waals surface area (Å²) in [6.07, 6.45) is 1.21. The number of non-ortho nitro benzene ring substituents is 1. The molecule has 0 unspecified atom stereocenters. The molecule has 0 atom stereocenters. The molecule has 0 aliphatic rings. The number of anilines is 2. The van der Waals surface area contributed by atoms with Gasteiger partial charge in [-0.3, -0.25) is 14.9 Å². The van der Waals surface area contributed by atoms with E-state index in [9.17, 15) is 20.2 Å². The number of nitro benzene ring substituents is 1. The number of nitrogens with zero attached hydrogens (tertiary/aromatic N) is 2. The van der Waals surface area contributed by atoms with Gasteiger partial charge in [0.15, 0.2) is 0 Å². The van der Waals surface area contributed by atoms with Crippen LogP contribution in [0.4, 0.5) is 17.1 Å². The van der Waals surface area contributed by atoms with Crippen LogP contribution in [-0.4, -0.2) is 25.1 Å². The highest BCUT2D eigenvalue weighted by atomic mass is 16.6. The Hall–Kier alpha value is -4.06. The summed E-state index contributed by atoms with van der Waals surface area (Å²) in [6, 6.07) is 12.2. The first-order chi connectivity index (χ1) is 13.0. The molecule has 9 nitrogen and oxygen atoms in total. The van der Waals surface area contributed by atoms with E-state index in [1.165, 1.54) is 44.7 Å². The maximum absolute atomic E-state index is 12.3. The first-order valence-electron chi connectivity index (χ1n) is 7.63. The van der Waals surface area contributed by atoms with E-state index in [4.69, 9.17) is 9.47 Å². The standard InChI is InChI=1S/C18H16N4O5/c1-26-15-7-8-17(27-2)16(9-15)21-18(23)12(10-19)11-20-13-3-5-14(6-4-13)22(24)25/h3-9,11,20H,1-2H3,(H,21,23)/b12-11-. The molecule has 2 rings (SSSR count). The van der Waals surface area contributed by atoms with E-state index >= 15 is 0 Å². The zero-order valence-corrected chi connectivity index (χ0v) is 14.6. The van der Waals surface area contributed by atoms with Gasteiger partial charge < -0.3 is 20.1 Å². The Morgan fingerprint density at radius 3 is 2.44 bits per heavy atom. The van der Waals surface area contributed by atoms with Crippen LogP contribution in [0.2, 0.25) is 0 Å². The summed E-state index contributed by atoms with van der Waals surface area (Å²) in [4.78, 5) is 22.5. The molecule has 2 aromatic carbocycles. The molecule has 9 heteroatoms. The molecule has 2 aromatic rings. The normalized spacial score (nSPS) is 10.5. The van der Waals surface area contributed by atoms with Crippen molar-refractivity contribution in [2.24, 2.45) is 0 Å². The summed E-state index contributed by atoms with van der Waals surface area (Å²) >= 11 is 0. The van der Waals surface area contributed by atoms with Gasteiger partial charge >= 0.3 is 0 Å². The summed E-state index contributed by atoms with van der Waals surface area (Å²) in [6.45, 7) is 0. The zero-order valence-electron chi connectivity index (χ0n) is 14.6. The molecule has 2 N–H and O–H groups in total. The number of hydrogen-bond acceptors (Lipinski definition) is 7. The Bertz CT molecular complexity index is 916. The van der Waals surface area contributed by atoms with Crippen LogP contribution in [-0.2, 0) is 4.79 Å². The molecule has 0 fully saturated rings. The van der Waals surface area contributed by atoms with E-state index in [2.05, 4.69) is 10.6 Å². The molecule has 0 heterocycles. The lowest BCUT2D eigenvalue weighted by Crippen LogP contribution is -2.15. The minimum Gasteiger partial charge on any atom is -0.497 e. The Morgan fingerprint density at radius 2 is 1.89 bits per heavy atom. The number of carbonyl (C=O) groups is 1. The number of amides is 1. The molecular weight excluding hydrogens is 352 g/mol. The number of hydrogen-bond donors (Lipinski definition) is 2. The summed E-state index contributed by atoms with van der Waals surface area (Å²) in [5.41, 5.74) is 0.574. The van der Waals surface area contributed by atoms with Crippen LogP contribution >= 0.6 is 0 Å². The third-order valence-electron chi connectivity index (χ3n) is 3.48. The van der Waals surface area contributed by atoms with Crippen LogP contribution in [0.15, 0.2) is 54.2 Å². The second kappa shape index (κ2) is 8.87. The van der Waals surface area contributed by atoms with Gasteiger partial charge in [-0.15, -0.1) is 0 Å². The van der Waals surface area contributed by atoms with Crippen molar-refractivity contribution >= 4 is 23.0 Å². The third-order valence-corrected chi connectivity index (χ3v) is 3.48. The molecule has 1 amide bonds. The number of methoxy groups -OCH3 is 2. The maximum atomic E-state index is 12.3. The molecule has 0 bridgehead atoms. The van der Waals surface area contributed by atoms with Gasteiger partial charge in [-0.1, -0.05) is 0 Å². The monoisotopic (exact) mass is 368 g/mol. The average molecular weight is 368 g/mol. The Labute approximate surface area is 155 Å². The Balaban J connectivity index is 2.15. The molecule has 0 radical (unpaired) electrons. The summed E-state index contributed by atoms with van der Waals surface area (Å²) < 4.78 is 10.3. The smallest absolute Gasteiger partial charge is 0.269 e. The van der Waals surface area contributed by atoms with Gasteiger partial charge in [-0.25, -0.2) is 0 Å². The number of carbonyl (C=O) groups excluding carboxylic acids is 1. The van der Waals surface area contributed by atoms with Gasteiger partial charge in [-0.2, -0.15) is 5.26 Å². The van der Waals surface area contributed by atoms with Crippen molar-refractivity contribution in [3.63, 3.8) is 0 Å². The highest BCUT2D eigenvalue weighted by Crippen LogP contribution is 2.29. The van der Waals surface area contributed by atoms with Crippen LogP contribution in [0.5, 0.6) is 11.5 Å². The van der Waals surface area contributed by atoms with Crippen molar-refractivity contribution in [2.75, 3.05) is 24.9 Å². The van der Waals surface area contributed by atoms with Crippen LogP contribution < -0.4 is 20.1 Å². The first kappa shape index (κ1) is 19.3. The van der Waals surface area contributed by atoms with E-state index in [1.807, 2.05) is 0 Å². The van der Waals surface area contributed by atoms with Crippen molar-refractivity contribution in [3.8, 4) is 17.6 Å². The summed E-state index contributed by atoms with van der Waals surface area (Å²) in [5.74, 6) is 0.265. The van der Waals surface area contributed by atoms with Crippen LogP contribution in [0.1, 0.15) is 0 Å². The molecule has 0 aromatic heterocycles. The summed E-state index contributed by atoms with van der Waals surface area (Å²) in [5, 5.41) is 25.2. The topological polar surface area (TPSA) is 127 Å². The molecule has 0 saturated heterocycles. The lowest BCUT2D eigenvalue weighted by molar-refractivity contribution is -0.384. The van der Waals surface area contributed by atoms with Crippen LogP contribution in [0.25, 0.3) is 0 Å². The van der Waals surface area contributed by atoms with Gasteiger partial charge in [0.05, 0.1) is 24.8 Å². The number of nitro groups is 1. The maximum Gasteiger partial charge on any atom is 0.269 e. The quantitative estimate of drug-likeness (QED) is 0.333. The number of nitriles is 1. The van der Waals surface area contributed by atoms with Gasteiger partial charge in [0.25, 0.3) is 11.6 Å². The first-order valence-corrected chi connectivity index (χ1v) is 7.63. The van der Waals surface area contributed by atoms with Gasteiger partial charge in [0.1, 0.15) is 23.1 Å². The molecule has 0 aliphatic heterocycles. The highest BCUT2D eigenvalue weighted by Gasteiger charge is 2.13. The van der Waals surface area contributed by atoms with Crippen molar-refractivity contribution in [1.82, 2.24) is 0 Å². The fourth-order valence-corrected chi connectivity index (χ4v) is 2.08. The van der Waals surface area contributed by atoms with E-state index in [1.54, 1.807) is 24.3 Å².